The van der Waals surface area contributed by atoms with Gasteiger partial charge in [-0.25, -0.2) is 4.39 Å². The molecule has 132 valence electrons. The summed E-state index contributed by atoms with van der Waals surface area (Å²) in [4.78, 5) is 14.3. The predicted octanol–water partition coefficient (Wildman–Crippen LogP) is 1.67. The molecule has 0 aromatic heterocycles. The van der Waals surface area contributed by atoms with Crippen molar-refractivity contribution in [1.29, 1.82) is 0 Å². The zero-order chi connectivity index (χ0) is 16.8. The Morgan fingerprint density at radius 2 is 2.21 bits per heavy atom. The largest absolute Gasteiger partial charge is 0.378 e. The minimum absolute atomic E-state index is 0.0408. The van der Waals surface area contributed by atoms with Crippen molar-refractivity contribution in [1.82, 2.24) is 10.6 Å². The molecule has 1 aromatic rings. The average Bonchev–Trinajstić information content (AvgIpc) is 3.12. The number of benzene rings is 1. The Morgan fingerprint density at radius 3 is 2.96 bits per heavy atom. The van der Waals surface area contributed by atoms with E-state index in [-0.39, 0.29) is 11.7 Å². The number of nitrogens with zero attached hydrogens (tertiary/aromatic N) is 1. The summed E-state index contributed by atoms with van der Waals surface area (Å²) in [6.45, 7) is 5.38. The Labute approximate surface area is 142 Å². The number of halogens is 1. The van der Waals surface area contributed by atoms with E-state index in [0.29, 0.717) is 32.1 Å². The first-order chi connectivity index (χ1) is 11.7. The fraction of sp³-hybridized carbons (Fsp3) is 0.611. The van der Waals surface area contributed by atoms with Crippen LogP contribution in [0.15, 0.2) is 18.2 Å². The molecule has 3 rings (SSSR count). The third-order valence-corrected chi connectivity index (χ3v) is 4.81. The van der Waals surface area contributed by atoms with E-state index in [2.05, 4.69) is 15.5 Å². The van der Waals surface area contributed by atoms with E-state index in [1.807, 2.05) is 0 Å². The Balaban J connectivity index is 1.55. The van der Waals surface area contributed by atoms with Gasteiger partial charge in [-0.2, -0.15) is 0 Å². The Kier molecular flexibility index (Phi) is 6.04. The summed E-state index contributed by atoms with van der Waals surface area (Å²) in [7, 11) is 0. The van der Waals surface area contributed by atoms with Gasteiger partial charge in [-0.1, -0.05) is 0 Å². The molecule has 6 heteroatoms. The number of hydrogen-bond donors (Lipinski definition) is 2. The molecular formula is C18H26FN3O2. The maximum atomic E-state index is 13.6. The third-order valence-electron chi connectivity index (χ3n) is 4.81. The van der Waals surface area contributed by atoms with Crippen molar-refractivity contribution in [3.63, 3.8) is 0 Å². The van der Waals surface area contributed by atoms with Crippen molar-refractivity contribution in [2.45, 2.75) is 25.8 Å². The Hall–Kier alpha value is -1.66. The van der Waals surface area contributed by atoms with E-state index >= 15 is 0 Å². The van der Waals surface area contributed by atoms with E-state index in [1.165, 1.54) is 12.1 Å². The normalized spacial score (nSPS) is 21.0. The molecule has 2 aliphatic heterocycles. The topological polar surface area (TPSA) is 53.6 Å². The summed E-state index contributed by atoms with van der Waals surface area (Å²) in [5.41, 5.74) is 1.81. The van der Waals surface area contributed by atoms with Crippen LogP contribution in [0.3, 0.4) is 0 Å². The number of carbonyl (C=O) groups excluding carboxylic acids is 1. The van der Waals surface area contributed by atoms with Crippen molar-refractivity contribution in [3.8, 4) is 0 Å². The lowest BCUT2D eigenvalue weighted by atomic mass is 10.0. The molecule has 1 atom stereocenters. The van der Waals surface area contributed by atoms with Gasteiger partial charge < -0.3 is 20.3 Å². The zero-order valence-corrected chi connectivity index (χ0v) is 14.0. The van der Waals surface area contributed by atoms with Crippen LogP contribution in [-0.2, 0) is 16.1 Å². The molecule has 1 amide bonds. The van der Waals surface area contributed by atoms with Gasteiger partial charge in [0.1, 0.15) is 5.82 Å². The minimum Gasteiger partial charge on any atom is -0.378 e. The highest BCUT2D eigenvalue weighted by Crippen LogP contribution is 2.23. The number of carbonyl (C=O) groups is 1. The van der Waals surface area contributed by atoms with Crippen molar-refractivity contribution in [2.24, 2.45) is 5.92 Å². The van der Waals surface area contributed by atoms with E-state index in [1.54, 1.807) is 6.07 Å². The molecule has 2 saturated heterocycles. The van der Waals surface area contributed by atoms with Gasteiger partial charge in [0.2, 0.25) is 5.91 Å². The minimum atomic E-state index is -0.270. The quantitative estimate of drug-likeness (QED) is 0.830. The summed E-state index contributed by atoms with van der Waals surface area (Å²) in [6.07, 6.45) is 2.60. The highest BCUT2D eigenvalue weighted by molar-refractivity contribution is 5.76. The number of anilines is 1. The van der Waals surface area contributed by atoms with Crippen molar-refractivity contribution >= 4 is 11.6 Å². The number of hydrogen-bond acceptors (Lipinski definition) is 4. The molecule has 0 radical (unpaired) electrons. The molecular weight excluding hydrogens is 309 g/mol. The van der Waals surface area contributed by atoms with Crippen LogP contribution in [0.2, 0.25) is 0 Å². The fourth-order valence-corrected chi connectivity index (χ4v) is 3.39. The molecule has 1 unspecified atom stereocenters. The second kappa shape index (κ2) is 8.44. The SMILES string of the molecule is O=C(CCC1CCNC1)NCc1cc(F)ccc1N1CCOCC1. The molecule has 2 N–H and O–H groups in total. The highest BCUT2D eigenvalue weighted by Gasteiger charge is 2.17. The molecule has 2 fully saturated rings. The van der Waals surface area contributed by atoms with Crippen LogP contribution in [0.25, 0.3) is 0 Å². The molecule has 0 spiro atoms. The lowest BCUT2D eigenvalue weighted by Crippen LogP contribution is -2.37. The molecule has 0 aliphatic carbocycles. The summed E-state index contributed by atoms with van der Waals surface area (Å²) in [5.74, 6) is 0.376. The average molecular weight is 335 g/mol. The van der Waals surface area contributed by atoms with Gasteiger partial charge in [0.25, 0.3) is 0 Å². The Bertz CT molecular complexity index is 555. The molecule has 24 heavy (non-hydrogen) atoms. The number of morpholine rings is 1. The molecule has 1 aromatic carbocycles. The smallest absolute Gasteiger partial charge is 0.220 e. The van der Waals surface area contributed by atoms with Gasteiger partial charge in [-0.3, -0.25) is 4.79 Å². The Morgan fingerprint density at radius 1 is 1.38 bits per heavy atom. The number of ether oxygens (including phenoxy) is 1. The first-order valence-corrected chi connectivity index (χ1v) is 8.81. The third kappa shape index (κ3) is 4.68. The second-order valence-corrected chi connectivity index (χ2v) is 6.55. The van der Waals surface area contributed by atoms with Crippen LogP contribution in [0, 0.1) is 11.7 Å². The van der Waals surface area contributed by atoms with Crippen molar-refractivity contribution in [2.75, 3.05) is 44.3 Å². The van der Waals surface area contributed by atoms with E-state index in [4.69, 9.17) is 4.74 Å². The van der Waals surface area contributed by atoms with Crippen LogP contribution in [0.5, 0.6) is 0 Å². The lowest BCUT2D eigenvalue weighted by Gasteiger charge is -2.30. The van der Waals surface area contributed by atoms with Crippen LogP contribution in [0.1, 0.15) is 24.8 Å². The number of nitrogens with one attached hydrogen (secondary N) is 2. The van der Waals surface area contributed by atoms with Crippen LogP contribution in [0.4, 0.5) is 10.1 Å². The maximum absolute atomic E-state index is 13.6. The van der Waals surface area contributed by atoms with Crippen molar-refractivity contribution in [3.05, 3.63) is 29.6 Å². The van der Waals surface area contributed by atoms with Crippen LogP contribution in [-0.4, -0.2) is 45.3 Å². The number of rotatable bonds is 6. The fourth-order valence-electron chi connectivity index (χ4n) is 3.39. The predicted molar refractivity (Wildman–Crippen MR) is 91.5 cm³/mol. The van der Waals surface area contributed by atoms with Gasteiger partial charge in [0.05, 0.1) is 13.2 Å². The molecule has 2 heterocycles. The number of amides is 1. The van der Waals surface area contributed by atoms with E-state index in [0.717, 1.165) is 50.3 Å². The second-order valence-electron chi connectivity index (χ2n) is 6.55. The standard InChI is InChI=1S/C18H26FN3O2/c19-16-2-3-17(22-7-9-24-10-8-22)15(11-16)13-21-18(23)4-1-14-5-6-20-12-14/h2-3,11,14,20H,1,4-10,12-13H2,(H,21,23). The van der Waals surface area contributed by atoms with Gasteiger partial charge in [0, 0.05) is 31.7 Å². The summed E-state index contributed by atoms with van der Waals surface area (Å²) in [6, 6.07) is 4.79. The molecule has 0 bridgehead atoms. The van der Waals surface area contributed by atoms with Gasteiger partial charge in [-0.05, 0) is 55.6 Å². The van der Waals surface area contributed by atoms with Crippen LogP contribution >= 0.6 is 0 Å². The zero-order valence-electron chi connectivity index (χ0n) is 14.0. The van der Waals surface area contributed by atoms with E-state index in [9.17, 15) is 9.18 Å². The summed E-state index contributed by atoms with van der Waals surface area (Å²) < 4.78 is 19.0. The molecule has 5 nitrogen and oxygen atoms in total. The molecule has 2 aliphatic rings. The summed E-state index contributed by atoms with van der Waals surface area (Å²) >= 11 is 0. The monoisotopic (exact) mass is 335 g/mol. The van der Waals surface area contributed by atoms with E-state index < -0.39 is 0 Å². The first-order valence-electron chi connectivity index (χ1n) is 8.81. The van der Waals surface area contributed by atoms with Gasteiger partial charge in [-0.15, -0.1) is 0 Å². The summed E-state index contributed by atoms with van der Waals surface area (Å²) in [5, 5.41) is 6.26. The van der Waals surface area contributed by atoms with Gasteiger partial charge >= 0.3 is 0 Å². The van der Waals surface area contributed by atoms with Crippen LogP contribution < -0.4 is 15.5 Å². The van der Waals surface area contributed by atoms with Crippen molar-refractivity contribution < 1.29 is 13.9 Å². The van der Waals surface area contributed by atoms with Gasteiger partial charge in [0.15, 0.2) is 0 Å². The maximum Gasteiger partial charge on any atom is 0.220 e. The lowest BCUT2D eigenvalue weighted by molar-refractivity contribution is -0.121. The molecule has 0 saturated carbocycles. The highest BCUT2D eigenvalue weighted by atomic mass is 19.1. The first kappa shape index (κ1) is 17.2.